The second kappa shape index (κ2) is 6.84. The number of imide groups is 1. The zero-order chi connectivity index (χ0) is 18.0. The van der Waals surface area contributed by atoms with E-state index in [0.29, 0.717) is 10.8 Å². The van der Waals surface area contributed by atoms with Gasteiger partial charge in [-0.2, -0.15) is 16.4 Å². The summed E-state index contributed by atoms with van der Waals surface area (Å²) in [5.74, 6) is 0. The fourth-order valence-electron chi connectivity index (χ4n) is 2.44. The number of hydrogen-bond donors (Lipinski definition) is 1. The van der Waals surface area contributed by atoms with Crippen LogP contribution >= 0.6 is 11.3 Å². The summed E-state index contributed by atoms with van der Waals surface area (Å²) in [6.45, 7) is 0.732. The summed E-state index contributed by atoms with van der Waals surface area (Å²) >= 11 is 1.59. The summed E-state index contributed by atoms with van der Waals surface area (Å²) < 4.78 is 25.3. The molecule has 25 heavy (non-hydrogen) atoms. The maximum Gasteiger partial charge on any atom is 0.341 e. The molecule has 2 aromatic heterocycles. The van der Waals surface area contributed by atoms with Crippen LogP contribution in [-0.4, -0.2) is 65.4 Å². The third-order valence-electron chi connectivity index (χ3n) is 3.69. The van der Waals surface area contributed by atoms with Crippen LogP contribution in [0.1, 0.15) is 0 Å². The number of amides is 4. The van der Waals surface area contributed by atoms with Crippen molar-refractivity contribution in [2.45, 2.75) is 6.54 Å². The van der Waals surface area contributed by atoms with E-state index in [1.165, 1.54) is 0 Å². The van der Waals surface area contributed by atoms with Crippen LogP contribution in [0.15, 0.2) is 29.1 Å². The van der Waals surface area contributed by atoms with Gasteiger partial charge in [-0.3, -0.25) is 4.68 Å². The molecule has 134 valence electrons. The van der Waals surface area contributed by atoms with Crippen molar-refractivity contribution in [2.75, 3.05) is 25.9 Å². The van der Waals surface area contributed by atoms with Gasteiger partial charge in [0, 0.05) is 23.7 Å². The third kappa shape index (κ3) is 3.82. The molecule has 0 aromatic carbocycles. The summed E-state index contributed by atoms with van der Waals surface area (Å²) in [5.41, 5.74) is 1.89. The van der Waals surface area contributed by atoms with E-state index in [1.807, 2.05) is 29.1 Å². The number of carbonyl (C=O) groups excluding carboxylic acids is 2. The predicted octanol–water partition coefficient (Wildman–Crippen LogP) is 1.02. The highest BCUT2D eigenvalue weighted by molar-refractivity contribution is 7.88. The number of urea groups is 2. The van der Waals surface area contributed by atoms with Crippen LogP contribution in [-0.2, 0) is 16.6 Å². The van der Waals surface area contributed by atoms with Gasteiger partial charge < -0.3 is 5.32 Å². The Bertz CT molecular complexity index is 875. The largest absolute Gasteiger partial charge is 0.341 e. The van der Waals surface area contributed by atoms with E-state index in [-0.39, 0.29) is 19.6 Å². The second-order valence-electron chi connectivity index (χ2n) is 5.48. The van der Waals surface area contributed by atoms with Gasteiger partial charge in [0.15, 0.2) is 0 Å². The lowest BCUT2D eigenvalue weighted by Crippen LogP contribution is -2.44. The number of nitrogens with one attached hydrogen (secondary N) is 1. The van der Waals surface area contributed by atoms with Crippen LogP contribution in [0, 0.1) is 0 Å². The molecule has 1 fully saturated rings. The van der Waals surface area contributed by atoms with Crippen LogP contribution in [0.5, 0.6) is 0 Å². The molecular formula is C14H17N5O4S2. The van der Waals surface area contributed by atoms with E-state index in [1.54, 1.807) is 16.0 Å². The fourth-order valence-corrected chi connectivity index (χ4v) is 3.88. The Morgan fingerprint density at radius 1 is 1.36 bits per heavy atom. The molecule has 3 heterocycles. The summed E-state index contributed by atoms with van der Waals surface area (Å²) in [5, 5.41) is 11.0. The van der Waals surface area contributed by atoms with Crippen LogP contribution < -0.4 is 5.32 Å². The van der Waals surface area contributed by atoms with Crippen molar-refractivity contribution in [2.24, 2.45) is 0 Å². The smallest absolute Gasteiger partial charge is 0.336 e. The molecule has 0 aliphatic carbocycles. The Morgan fingerprint density at radius 3 is 2.80 bits per heavy atom. The standard InChI is InChI=1S/C14H17N5O4S2/c1-25(22,23)19-8-7-18(14(19)21)13(20)15-4-6-17-5-2-12(16-17)11-3-9-24-10-11/h2-3,5,9-10H,4,6-8H2,1H3,(H,15,20). The number of hydrogen-bond acceptors (Lipinski definition) is 6. The van der Waals surface area contributed by atoms with Crippen molar-refractivity contribution in [3.8, 4) is 11.3 Å². The van der Waals surface area contributed by atoms with Gasteiger partial charge in [0.25, 0.3) is 0 Å². The molecule has 1 saturated heterocycles. The Balaban J connectivity index is 1.51. The fraction of sp³-hybridized carbons (Fsp3) is 0.357. The van der Waals surface area contributed by atoms with Crippen LogP contribution in [0.2, 0.25) is 0 Å². The van der Waals surface area contributed by atoms with E-state index in [2.05, 4.69) is 10.4 Å². The number of sulfonamides is 1. The molecule has 0 unspecified atom stereocenters. The van der Waals surface area contributed by atoms with E-state index < -0.39 is 22.1 Å². The van der Waals surface area contributed by atoms with Crippen molar-refractivity contribution in [3.05, 3.63) is 29.1 Å². The number of aromatic nitrogens is 2. The topological polar surface area (TPSA) is 105 Å². The van der Waals surface area contributed by atoms with Crippen LogP contribution in [0.4, 0.5) is 9.59 Å². The van der Waals surface area contributed by atoms with Gasteiger partial charge in [0.1, 0.15) is 0 Å². The minimum absolute atomic E-state index is 0.0196. The average Bonchev–Trinajstić information content (AvgIpc) is 3.25. The minimum Gasteiger partial charge on any atom is -0.336 e. The molecule has 0 spiro atoms. The lowest BCUT2D eigenvalue weighted by Gasteiger charge is -2.16. The highest BCUT2D eigenvalue weighted by atomic mass is 32.2. The summed E-state index contributed by atoms with van der Waals surface area (Å²) in [7, 11) is -3.65. The summed E-state index contributed by atoms with van der Waals surface area (Å²) in [6, 6.07) is 2.43. The van der Waals surface area contributed by atoms with Gasteiger partial charge in [0.2, 0.25) is 10.0 Å². The quantitative estimate of drug-likeness (QED) is 0.830. The molecule has 0 atom stereocenters. The van der Waals surface area contributed by atoms with Gasteiger partial charge in [-0.15, -0.1) is 0 Å². The van der Waals surface area contributed by atoms with Gasteiger partial charge in [-0.05, 0) is 17.5 Å². The van der Waals surface area contributed by atoms with Gasteiger partial charge in [-0.25, -0.2) is 27.2 Å². The molecule has 4 amide bonds. The van der Waals surface area contributed by atoms with Gasteiger partial charge in [0.05, 0.1) is 31.6 Å². The Hall–Kier alpha value is -2.40. The van der Waals surface area contributed by atoms with Crippen molar-refractivity contribution < 1.29 is 18.0 Å². The molecule has 1 aliphatic heterocycles. The molecule has 11 heteroatoms. The first-order chi connectivity index (χ1) is 11.9. The molecule has 0 saturated carbocycles. The van der Waals surface area contributed by atoms with Crippen molar-refractivity contribution in [1.29, 1.82) is 0 Å². The summed E-state index contributed by atoms with van der Waals surface area (Å²) in [6.07, 6.45) is 2.75. The zero-order valence-electron chi connectivity index (χ0n) is 13.5. The molecule has 2 aromatic rings. The molecule has 0 radical (unpaired) electrons. The molecular weight excluding hydrogens is 366 g/mol. The molecule has 1 aliphatic rings. The number of rotatable bonds is 5. The van der Waals surface area contributed by atoms with Crippen LogP contribution in [0.25, 0.3) is 11.3 Å². The van der Waals surface area contributed by atoms with E-state index in [9.17, 15) is 18.0 Å². The van der Waals surface area contributed by atoms with E-state index in [0.717, 1.165) is 22.4 Å². The summed E-state index contributed by atoms with van der Waals surface area (Å²) in [4.78, 5) is 24.9. The first-order valence-corrected chi connectivity index (χ1v) is 10.3. The van der Waals surface area contributed by atoms with E-state index >= 15 is 0 Å². The third-order valence-corrected chi connectivity index (χ3v) is 5.51. The van der Waals surface area contributed by atoms with E-state index in [4.69, 9.17) is 0 Å². The Labute approximate surface area is 148 Å². The lowest BCUT2D eigenvalue weighted by atomic mass is 10.2. The monoisotopic (exact) mass is 383 g/mol. The van der Waals surface area contributed by atoms with Crippen molar-refractivity contribution in [1.82, 2.24) is 24.3 Å². The lowest BCUT2D eigenvalue weighted by molar-refractivity contribution is 0.193. The van der Waals surface area contributed by atoms with Gasteiger partial charge >= 0.3 is 12.1 Å². The second-order valence-corrected chi connectivity index (χ2v) is 8.16. The Morgan fingerprint density at radius 2 is 2.16 bits per heavy atom. The maximum absolute atomic E-state index is 12.1. The highest BCUT2D eigenvalue weighted by Crippen LogP contribution is 2.19. The first-order valence-electron chi connectivity index (χ1n) is 7.49. The molecule has 0 bridgehead atoms. The Kier molecular flexibility index (Phi) is 4.77. The SMILES string of the molecule is CS(=O)(=O)N1CCN(C(=O)NCCn2ccc(-c3ccsc3)n2)C1=O. The molecule has 3 rings (SSSR count). The molecule has 1 N–H and O–H groups in total. The first kappa shape index (κ1) is 17.4. The van der Waals surface area contributed by atoms with Crippen molar-refractivity contribution in [3.63, 3.8) is 0 Å². The predicted molar refractivity (Wildman–Crippen MR) is 92.6 cm³/mol. The van der Waals surface area contributed by atoms with Gasteiger partial charge in [-0.1, -0.05) is 0 Å². The highest BCUT2D eigenvalue weighted by Gasteiger charge is 2.37. The number of carbonyl (C=O) groups is 2. The normalized spacial score (nSPS) is 15.0. The average molecular weight is 383 g/mol. The maximum atomic E-state index is 12.1. The number of thiophene rings is 1. The zero-order valence-corrected chi connectivity index (χ0v) is 15.1. The molecule has 9 nitrogen and oxygen atoms in total. The number of nitrogens with zero attached hydrogens (tertiary/aromatic N) is 4. The van der Waals surface area contributed by atoms with Crippen molar-refractivity contribution >= 4 is 33.4 Å². The minimum atomic E-state index is -3.65. The van der Waals surface area contributed by atoms with Crippen LogP contribution in [0.3, 0.4) is 0 Å².